The molecule has 0 unspecified atom stereocenters. The molecule has 1 amide bonds. The van der Waals surface area contributed by atoms with Crippen molar-refractivity contribution in [2.75, 3.05) is 33.3 Å². The number of ether oxygens (including phenoxy) is 1. The summed E-state index contributed by atoms with van der Waals surface area (Å²) < 4.78 is 5.24. The highest BCUT2D eigenvalue weighted by Crippen LogP contribution is 2.22. The van der Waals surface area contributed by atoms with Crippen LogP contribution in [-0.2, 0) is 0 Å². The van der Waals surface area contributed by atoms with Crippen molar-refractivity contribution in [1.82, 2.24) is 15.2 Å². The summed E-state index contributed by atoms with van der Waals surface area (Å²) in [5.41, 5.74) is 2.21. The summed E-state index contributed by atoms with van der Waals surface area (Å²) in [7, 11) is 1.64. The molecular formula is C17H19N3O2. The number of rotatable bonds is 3. The molecule has 5 heteroatoms. The van der Waals surface area contributed by atoms with Crippen molar-refractivity contribution in [2.24, 2.45) is 0 Å². The van der Waals surface area contributed by atoms with Gasteiger partial charge in [-0.05, 0) is 24.3 Å². The maximum absolute atomic E-state index is 12.5. The number of carbonyl (C=O) groups excluding carboxylic acids is 1. The van der Waals surface area contributed by atoms with Gasteiger partial charge in [-0.2, -0.15) is 0 Å². The zero-order valence-corrected chi connectivity index (χ0v) is 12.6. The van der Waals surface area contributed by atoms with Gasteiger partial charge in [-0.25, -0.2) is 4.98 Å². The third-order valence-corrected chi connectivity index (χ3v) is 3.74. The minimum absolute atomic E-state index is 0.00811. The molecule has 0 saturated carbocycles. The summed E-state index contributed by atoms with van der Waals surface area (Å²) in [6.07, 6.45) is 0. The van der Waals surface area contributed by atoms with Gasteiger partial charge < -0.3 is 15.0 Å². The second kappa shape index (κ2) is 6.58. The van der Waals surface area contributed by atoms with Crippen LogP contribution in [0.3, 0.4) is 0 Å². The molecular weight excluding hydrogens is 278 g/mol. The van der Waals surface area contributed by atoms with Crippen LogP contribution in [0.2, 0.25) is 0 Å². The first-order valence-electron chi connectivity index (χ1n) is 7.39. The van der Waals surface area contributed by atoms with Crippen LogP contribution < -0.4 is 10.1 Å². The molecule has 5 nitrogen and oxygen atoms in total. The van der Waals surface area contributed by atoms with Crippen molar-refractivity contribution in [3.05, 3.63) is 48.2 Å². The minimum Gasteiger partial charge on any atom is -0.497 e. The molecule has 0 radical (unpaired) electrons. The van der Waals surface area contributed by atoms with E-state index in [-0.39, 0.29) is 5.91 Å². The van der Waals surface area contributed by atoms with E-state index in [0.29, 0.717) is 5.69 Å². The smallest absolute Gasteiger partial charge is 0.272 e. The lowest BCUT2D eigenvalue weighted by Crippen LogP contribution is -2.46. The van der Waals surface area contributed by atoms with E-state index in [1.54, 1.807) is 13.2 Å². The normalized spacial score (nSPS) is 14.7. The lowest BCUT2D eigenvalue weighted by atomic mass is 10.1. The number of methoxy groups -OCH3 is 1. The first-order valence-corrected chi connectivity index (χ1v) is 7.39. The van der Waals surface area contributed by atoms with Crippen molar-refractivity contribution in [3.8, 4) is 17.0 Å². The van der Waals surface area contributed by atoms with E-state index < -0.39 is 0 Å². The Morgan fingerprint density at radius 1 is 1.18 bits per heavy atom. The molecule has 0 aliphatic carbocycles. The number of pyridine rings is 1. The molecule has 1 fully saturated rings. The molecule has 22 heavy (non-hydrogen) atoms. The van der Waals surface area contributed by atoms with E-state index in [1.165, 1.54) is 0 Å². The van der Waals surface area contributed by atoms with Gasteiger partial charge in [0.25, 0.3) is 5.91 Å². The van der Waals surface area contributed by atoms with Gasteiger partial charge in [0.2, 0.25) is 0 Å². The molecule has 114 valence electrons. The number of benzene rings is 1. The Balaban J connectivity index is 1.87. The van der Waals surface area contributed by atoms with Gasteiger partial charge in [-0.15, -0.1) is 0 Å². The van der Waals surface area contributed by atoms with E-state index in [1.807, 2.05) is 41.3 Å². The summed E-state index contributed by atoms with van der Waals surface area (Å²) in [6, 6.07) is 13.2. The quantitative estimate of drug-likeness (QED) is 0.938. The Hall–Kier alpha value is -2.40. The standard InChI is InChI=1S/C17H19N3O2/c1-22-14-5-2-4-13(12-14)15-6-3-7-16(19-15)17(21)20-10-8-18-9-11-20/h2-7,12,18H,8-11H2,1H3. The summed E-state index contributed by atoms with van der Waals surface area (Å²) >= 11 is 0. The average Bonchev–Trinajstić information content (AvgIpc) is 2.62. The zero-order chi connectivity index (χ0) is 15.4. The van der Waals surface area contributed by atoms with Crippen LogP contribution in [-0.4, -0.2) is 49.1 Å². The van der Waals surface area contributed by atoms with Gasteiger partial charge in [-0.1, -0.05) is 18.2 Å². The molecule has 0 atom stereocenters. The maximum atomic E-state index is 12.5. The lowest BCUT2D eigenvalue weighted by molar-refractivity contribution is 0.0730. The van der Waals surface area contributed by atoms with E-state index in [4.69, 9.17) is 4.74 Å². The fourth-order valence-electron chi connectivity index (χ4n) is 2.53. The number of nitrogens with one attached hydrogen (secondary N) is 1. The van der Waals surface area contributed by atoms with E-state index in [9.17, 15) is 4.79 Å². The Morgan fingerprint density at radius 3 is 2.73 bits per heavy atom. The number of nitrogens with zero attached hydrogens (tertiary/aromatic N) is 2. The van der Waals surface area contributed by atoms with Gasteiger partial charge in [0.1, 0.15) is 11.4 Å². The highest BCUT2D eigenvalue weighted by atomic mass is 16.5. The van der Waals surface area contributed by atoms with Gasteiger partial charge in [-0.3, -0.25) is 4.79 Å². The Labute approximate surface area is 129 Å². The van der Waals surface area contributed by atoms with Crippen molar-refractivity contribution >= 4 is 5.91 Å². The lowest BCUT2D eigenvalue weighted by Gasteiger charge is -2.27. The Bertz CT molecular complexity index is 666. The van der Waals surface area contributed by atoms with Gasteiger partial charge in [0.15, 0.2) is 0 Å². The van der Waals surface area contributed by atoms with Crippen molar-refractivity contribution in [1.29, 1.82) is 0 Å². The Kier molecular flexibility index (Phi) is 4.34. The number of aromatic nitrogens is 1. The first-order chi connectivity index (χ1) is 10.8. The molecule has 1 N–H and O–H groups in total. The molecule has 1 aliphatic rings. The summed E-state index contributed by atoms with van der Waals surface area (Å²) in [5.74, 6) is 0.768. The van der Waals surface area contributed by atoms with Gasteiger partial charge in [0.05, 0.1) is 12.8 Å². The number of hydrogen-bond acceptors (Lipinski definition) is 4. The Morgan fingerprint density at radius 2 is 1.95 bits per heavy atom. The molecule has 2 heterocycles. The number of hydrogen-bond donors (Lipinski definition) is 1. The number of amides is 1. The second-order valence-corrected chi connectivity index (χ2v) is 5.18. The summed E-state index contributed by atoms with van der Waals surface area (Å²) in [4.78, 5) is 18.9. The van der Waals surface area contributed by atoms with Gasteiger partial charge in [0, 0.05) is 31.7 Å². The van der Waals surface area contributed by atoms with Crippen LogP contribution >= 0.6 is 0 Å². The SMILES string of the molecule is COc1cccc(-c2cccc(C(=O)N3CCNCC3)n2)c1. The summed E-state index contributed by atoms with van der Waals surface area (Å²) in [6.45, 7) is 3.12. The van der Waals surface area contributed by atoms with Crippen LogP contribution in [0.1, 0.15) is 10.5 Å². The molecule has 1 aliphatic heterocycles. The number of piperazine rings is 1. The van der Waals surface area contributed by atoms with E-state index in [2.05, 4.69) is 10.3 Å². The zero-order valence-electron chi connectivity index (χ0n) is 12.6. The molecule has 1 aromatic carbocycles. The van der Waals surface area contributed by atoms with Crippen LogP contribution in [0.15, 0.2) is 42.5 Å². The average molecular weight is 297 g/mol. The minimum atomic E-state index is -0.00811. The molecule has 1 aromatic heterocycles. The molecule has 3 rings (SSSR count). The topological polar surface area (TPSA) is 54.5 Å². The van der Waals surface area contributed by atoms with E-state index in [0.717, 1.165) is 43.2 Å². The molecule has 0 bridgehead atoms. The van der Waals surface area contributed by atoms with Crippen molar-refractivity contribution < 1.29 is 9.53 Å². The third kappa shape index (κ3) is 3.09. The first kappa shape index (κ1) is 14.5. The van der Waals surface area contributed by atoms with Crippen LogP contribution in [0.5, 0.6) is 5.75 Å². The fourth-order valence-corrected chi connectivity index (χ4v) is 2.53. The fraction of sp³-hybridized carbons (Fsp3) is 0.294. The van der Waals surface area contributed by atoms with Crippen LogP contribution in [0.4, 0.5) is 0 Å². The molecule has 1 saturated heterocycles. The third-order valence-electron chi connectivity index (χ3n) is 3.74. The van der Waals surface area contributed by atoms with E-state index >= 15 is 0 Å². The predicted octanol–water partition coefficient (Wildman–Crippen LogP) is 1.80. The molecule has 0 spiro atoms. The van der Waals surface area contributed by atoms with Crippen molar-refractivity contribution in [3.63, 3.8) is 0 Å². The van der Waals surface area contributed by atoms with Crippen LogP contribution in [0.25, 0.3) is 11.3 Å². The van der Waals surface area contributed by atoms with Crippen molar-refractivity contribution in [2.45, 2.75) is 0 Å². The monoisotopic (exact) mass is 297 g/mol. The number of carbonyl (C=O) groups is 1. The van der Waals surface area contributed by atoms with Crippen LogP contribution in [0, 0.1) is 0 Å². The predicted molar refractivity (Wildman–Crippen MR) is 85.0 cm³/mol. The highest BCUT2D eigenvalue weighted by Gasteiger charge is 2.19. The molecule has 2 aromatic rings. The highest BCUT2D eigenvalue weighted by molar-refractivity contribution is 5.93. The summed E-state index contributed by atoms with van der Waals surface area (Å²) in [5, 5.41) is 3.24. The second-order valence-electron chi connectivity index (χ2n) is 5.18. The maximum Gasteiger partial charge on any atom is 0.272 e. The largest absolute Gasteiger partial charge is 0.497 e. The van der Waals surface area contributed by atoms with Gasteiger partial charge >= 0.3 is 0 Å².